The first kappa shape index (κ1) is 14.9. The fraction of sp³-hybridized carbons (Fsp3) is 0.364. The van der Waals surface area contributed by atoms with Crippen LogP contribution >= 0.6 is 0 Å². The van der Waals surface area contributed by atoms with Crippen LogP contribution in [0.2, 0.25) is 0 Å². The van der Waals surface area contributed by atoms with Gasteiger partial charge < -0.3 is 0 Å². The Balaban J connectivity index is 0.00000324. The molecule has 1 aromatic rings. The number of hydrogen-bond acceptors (Lipinski definition) is 3. The number of sulfonamides is 1. The summed E-state index contributed by atoms with van der Waals surface area (Å²) >= 11 is 0. The average Bonchev–Trinajstić information content (AvgIpc) is 2.17. The molecule has 1 aromatic carbocycles. The van der Waals surface area contributed by atoms with Crippen molar-refractivity contribution in [3.05, 3.63) is 23.5 Å². The van der Waals surface area contributed by atoms with Gasteiger partial charge in [0.1, 0.15) is 13.7 Å². The summed E-state index contributed by atoms with van der Waals surface area (Å²) < 4.78 is 39.6. The van der Waals surface area contributed by atoms with Gasteiger partial charge in [0, 0.05) is 12.5 Å². The van der Waals surface area contributed by atoms with E-state index < -0.39 is 21.4 Å². The molecule has 2 radical (unpaired) electrons. The van der Waals surface area contributed by atoms with Crippen molar-refractivity contribution in [3.8, 4) is 0 Å². The Hall–Kier alpha value is -1.21. The molecule has 0 amide bonds. The van der Waals surface area contributed by atoms with Gasteiger partial charge in [-0.3, -0.25) is 4.79 Å². The van der Waals surface area contributed by atoms with Crippen LogP contribution in [-0.4, -0.2) is 28.1 Å². The summed E-state index contributed by atoms with van der Waals surface area (Å²) in [4.78, 5) is 10.5. The predicted octanol–water partition coefficient (Wildman–Crippen LogP) is 0.755. The van der Waals surface area contributed by atoms with E-state index in [2.05, 4.69) is 4.72 Å². The highest BCUT2D eigenvalue weighted by Crippen LogP contribution is 2.16. The second-order valence-electron chi connectivity index (χ2n) is 4.88. The largest absolute Gasteiger partial charge is 0.298 e. The van der Waals surface area contributed by atoms with Crippen LogP contribution in [0.25, 0.3) is 0 Å². The molecule has 0 saturated carbocycles. The Morgan fingerprint density at radius 3 is 2.39 bits per heavy atom. The van der Waals surface area contributed by atoms with Gasteiger partial charge in [0.15, 0.2) is 6.29 Å². The summed E-state index contributed by atoms with van der Waals surface area (Å²) in [6, 6.07) is 1.74. The minimum Gasteiger partial charge on any atom is -0.298 e. The Morgan fingerprint density at radius 2 is 1.94 bits per heavy atom. The standard InChI is InChI=1S/C11H13BFNO3S.H2/c1-11(2,3)14-18(16,17)10-5-8(12)9(13)4-7(10)6-15;/h4-6,14H,1-3H3;1H. The predicted molar refractivity (Wildman–Crippen MR) is 69.4 cm³/mol. The van der Waals surface area contributed by atoms with E-state index in [1.165, 1.54) is 0 Å². The molecule has 0 bridgehead atoms. The van der Waals surface area contributed by atoms with E-state index in [0.29, 0.717) is 0 Å². The van der Waals surface area contributed by atoms with Crippen molar-refractivity contribution < 1.29 is 19.0 Å². The number of nitrogens with one attached hydrogen (secondary N) is 1. The number of aldehydes is 1. The van der Waals surface area contributed by atoms with Crippen LogP contribution in [0.3, 0.4) is 0 Å². The van der Waals surface area contributed by atoms with Gasteiger partial charge in [-0.05, 0) is 32.9 Å². The molecule has 0 unspecified atom stereocenters. The van der Waals surface area contributed by atoms with Gasteiger partial charge >= 0.3 is 0 Å². The summed E-state index contributed by atoms with van der Waals surface area (Å²) in [7, 11) is 1.39. The second kappa shape index (κ2) is 4.82. The number of hydrogen-bond donors (Lipinski definition) is 1. The van der Waals surface area contributed by atoms with Gasteiger partial charge in [0.2, 0.25) is 10.0 Å². The summed E-state index contributed by atoms with van der Waals surface area (Å²) in [5.41, 5.74) is -1.31. The number of halogens is 1. The van der Waals surface area contributed by atoms with Gasteiger partial charge in [0.05, 0.1) is 4.90 Å². The molecule has 1 rings (SSSR count). The SMILES string of the molecule is [B]c1cc(S(=O)(=O)NC(C)(C)C)c(C=O)cc1F.[HH]. The van der Waals surface area contributed by atoms with E-state index in [4.69, 9.17) is 7.85 Å². The molecular weight excluding hydrogens is 256 g/mol. The zero-order valence-electron chi connectivity index (χ0n) is 10.3. The monoisotopic (exact) mass is 271 g/mol. The zero-order valence-corrected chi connectivity index (χ0v) is 11.1. The van der Waals surface area contributed by atoms with Crippen molar-refractivity contribution in [1.29, 1.82) is 0 Å². The van der Waals surface area contributed by atoms with E-state index in [-0.39, 0.29) is 23.6 Å². The quantitative estimate of drug-likeness (QED) is 0.652. The van der Waals surface area contributed by atoms with Crippen molar-refractivity contribution in [2.24, 2.45) is 0 Å². The maximum Gasteiger partial charge on any atom is 0.241 e. The highest BCUT2D eigenvalue weighted by Gasteiger charge is 2.25. The molecule has 0 heterocycles. The Bertz CT molecular complexity index is 584. The van der Waals surface area contributed by atoms with Crippen LogP contribution < -0.4 is 10.2 Å². The number of carbonyl (C=O) groups is 1. The third-order valence-corrected chi connectivity index (χ3v) is 3.80. The van der Waals surface area contributed by atoms with Gasteiger partial charge in [-0.25, -0.2) is 17.5 Å². The summed E-state index contributed by atoms with van der Waals surface area (Å²) in [6.07, 6.45) is 0.278. The topological polar surface area (TPSA) is 63.2 Å². The molecule has 0 atom stereocenters. The van der Waals surface area contributed by atoms with E-state index in [9.17, 15) is 17.6 Å². The molecule has 0 aliphatic heterocycles. The van der Waals surface area contributed by atoms with Crippen LogP contribution in [0.15, 0.2) is 17.0 Å². The minimum absolute atomic E-state index is 0. The maximum absolute atomic E-state index is 13.2. The third kappa shape index (κ3) is 3.40. The fourth-order valence-electron chi connectivity index (χ4n) is 1.37. The summed E-state index contributed by atoms with van der Waals surface area (Å²) in [5.74, 6) is -0.827. The molecule has 0 aliphatic rings. The summed E-state index contributed by atoms with van der Waals surface area (Å²) in [6.45, 7) is 4.95. The Morgan fingerprint density at radius 1 is 1.39 bits per heavy atom. The van der Waals surface area contributed by atoms with Crippen LogP contribution in [0.1, 0.15) is 32.6 Å². The van der Waals surface area contributed by atoms with Gasteiger partial charge in [-0.1, -0.05) is 5.46 Å². The number of rotatable bonds is 3. The molecule has 7 heteroatoms. The fourth-order valence-corrected chi connectivity index (χ4v) is 2.98. The molecular formula is C11H15BFNO3S. The highest BCUT2D eigenvalue weighted by molar-refractivity contribution is 7.89. The smallest absolute Gasteiger partial charge is 0.241 e. The first-order valence-corrected chi connectivity index (χ1v) is 6.63. The van der Waals surface area contributed by atoms with E-state index in [1.807, 2.05) is 0 Å². The zero-order chi connectivity index (χ0) is 14.1. The minimum atomic E-state index is -3.93. The molecule has 0 saturated heterocycles. The maximum atomic E-state index is 13.2. The molecule has 98 valence electrons. The van der Waals surface area contributed by atoms with Crippen molar-refractivity contribution in [3.63, 3.8) is 0 Å². The first-order chi connectivity index (χ1) is 8.07. The lowest BCUT2D eigenvalue weighted by Crippen LogP contribution is -2.41. The molecule has 0 fully saturated rings. The van der Waals surface area contributed by atoms with Crippen molar-refractivity contribution in [2.45, 2.75) is 31.2 Å². The number of carbonyl (C=O) groups excluding carboxylic acids is 1. The lowest BCUT2D eigenvalue weighted by atomic mass is 9.94. The lowest BCUT2D eigenvalue weighted by Gasteiger charge is -2.21. The normalized spacial score (nSPS) is 12.4. The molecule has 1 N–H and O–H groups in total. The van der Waals surface area contributed by atoms with Crippen molar-refractivity contribution in [2.75, 3.05) is 0 Å². The van der Waals surface area contributed by atoms with E-state index >= 15 is 0 Å². The van der Waals surface area contributed by atoms with Crippen LogP contribution in [0, 0.1) is 5.82 Å². The van der Waals surface area contributed by atoms with Crippen LogP contribution in [0.5, 0.6) is 0 Å². The van der Waals surface area contributed by atoms with Crippen molar-refractivity contribution in [1.82, 2.24) is 4.72 Å². The second-order valence-corrected chi connectivity index (χ2v) is 6.54. The van der Waals surface area contributed by atoms with Gasteiger partial charge in [-0.2, -0.15) is 0 Å². The first-order valence-electron chi connectivity index (χ1n) is 5.15. The lowest BCUT2D eigenvalue weighted by molar-refractivity contribution is 0.112. The van der Waals surface area contributed by atoms with Gasteiger partial charge in [0.25, 0.3) is 0 Å². The Labute approximate surface area is 109 Å². The number of benzene rings is 1. The molecule has 0 spiro atoms. The molecule has 18 heavy (non-hydrogen) atoms. The van der Waals surface area contributed by atoms with E-state index in [1.54, 1.807) is 20.8 Å². The Kier molecular flexibility index (Phi) is 3.97. The third-order valence-electron chi connectivity index (χ3n) is 1.99. The average molecular weight is 271 g/mol. The molecule has 0 aromatic heterocycles. The summed E-state index contributed by atoms with van der Waals surface area (Å²) in [5, 5.41) is 0. The van der Waals surface area contributed by atoms with Crippen LogP contribution in [-0.2, 0) is 10.0 Å². The van der Waals surface area contributed by atoms with E-state index in [0.717, 1.165) is 12.1 Å². The highest BCUT2D eigenvalue weighted by atomic mass is 32.2. The van der Waals surface area contributed by atoms with Crippen molar-refractivity contribution >= 4 is 29.6 Å². The molecule has 4 nitrogen and oxygen atoms in total. The van der Waals surface area contributed by atoms with Gasteiger partial charge in [-0.15, -0.1) is 0 Å². The molecule has 0 aliphatic carbocycles. The van der Waals surface area contributed by atoms with Crippen LogP contribution in [0.4, 0.5) is 4.39 Å².